The molecule has 0 saturated heterocycles. The second-order valence-electron chi connectivity index (χ2n) is 19.2. The molecule has 6 heteroatoms. The van der Waals surface area contributed by atoms with Crippen molar-refractivity contribution in [2.75, 3.05) is 13.2 Å². The maximum Gasteiger partial charge on any atom is 0.306 e. The molecule has 69 heavy (non-hydrogen) atoms. The molecular weight excluding hydrogens is 853 g/mol. The predicted molar refractivity (Wildman–Crippen MR) is 297 cm³/mol. The Balaban J connectivity index is 4.40. The third kappa shape index (κ3) is 55.4. The van der Waals surface area contributed by atoms with Gasteiger partial charge in [0, 0.05) is 19.3 Å². The lowest BCUT2D eigenvalue weighted by atomic mass is 10.0. The Morgan fingerprint density at radius 2 is 0.565 bits per heavy atom. The number of unbranched alkanes of at least 4 members (excludes halogenated alkanes) is 27. The van der Waals surface area contributed by atoms with E-state index in [9.17, 15) is 14.4 Å². The van der Waals surface area contributed by atoms with Gasteiger partial charge in [-0.05, 0) is 96.3 Å². The summed E-state index contributed by atoms with van der Waals surface area (Å²) < 4.78 is 16.9. The molecule has 0 aliphatic rings. The topological polar surface area (TPSA) is 78.9 Å². The molecule has 0 fully saturated rings. The first-order valence-electron chi connectivity index (χ1n) is 29.1. The molecule has 0 aromatic heterocycles. The first kappa shape index (κ1) is 65.6. The van der Waals surface area contributed by atoms with Crippen LogP contribution in [0, 0.1) is 0 Å². The number of rotatable bonds is 52. The molecule has 0 radical (unpaired) electrons. The van der Waals surface area contributed by atoms with Crippen molar-refractivity contribution in [1.82, 2.24) is 0 Å². The van der Waals surface area contributed by atoms with Crippen molar-refractivity contribution < 1.29 is 28.6 Å². The van der Waals surface area contributed by atoms with Crippen LogP contribution in [-0.4, -0.2) is 37.2 Å². The lowest BCUT2D eigenvalue weighted by Gasteiger charge is -2.18. The Morgan fingerprint density at radius 1 is 0.304 bits per heavy atom. The first-order valence-corrected chi connectivity index (χ1v) is 29.1. The summed E-state index contributed by atoms with van der Waals surface area (Å²) in [5.41, 5.74) is 0. The molecule has 0 N–H and O–H groups in total. The Morgan fingerprint density at radius 3 is 0.899 bits per heavy atom. The molecule has 0 heterocycles. The average molecular weight is 962 g/mol. The van der Waals surface area contributed by atoms with Gasteiger partial charge < -0.3 is 14.2 Å². The van der Waals surface area contributed by atoms with E-state index in [1.807, 2.05) is 0 Å². The standard InChI is InChI=1S/C63H108O6/c1-4-7-10-13-16-19-22-25-27-29-31-32-33-35-36-38-41-44-47-50-53-56-62(65)68-59-60(58-67-61(64)55-52-49-46-43-40-24-21-18-15-12-9-6-3)69-63(66)57-54-51-48-45-42-39-37-34-30-28-26-23-20-17-14-11-8-5-2/h7,10,16,19-20,23,25,27-28,30-32,35-36,60H,4-6,8-9,11-15,17-18,21-22,24,26,29,33-34,37-59H2,1-3H3/b10-7-,19-16-,23-20-,27-25-,30-28-,32-31-,36-35-. The van der Waals surface area contributed by atoms with Gasteiger partial charge >= 0.3 is 17.9 Å². The van der Waals surface area contributed by atoms with Crippen LogP contribution >= 0.6 is 0 Å². The summed E-state index contributed by atoms with van der Waals surface area (Å²) in [6, 6.07) is 0. The minimum absolute atomic E-state index is 0.0843. The third-order valence-corrected chi connectivity index (χ3v) is 12.4. The minimum atomic E-state index is -0.788. The van der Waals surface area contributed by atoms with E-state index in [0.29, 0.717) is 19.3 Å². The Labute approximate surface area is 426 Å². The zero-order valence-corrected chi connectivity index (χ0v) is 45.3. The second-order valence-corrected chi connectivity index (χ2v) is 19.2. The SMILES string of the molecule is CC/C=C\C/C=C\C/C=C\C/C=C\C/C=C\CCCCCCCC(=O)OCC(COC(=O)CCCCCCCCCCCCCC)OC(=O)CCCCCCCCC/C=C\C/C=C\CCCCCC. The number of carbonyl (C=O) groups excluding carboxylic acids is 3. The van der Waals surface area contributed by atoms with Crippen LogP contribution in [0.25, 0.3) is 0 Å². The van der Waals surface area contributed by atoms with Crippen molar-refractivity contribution >= 4 is 17.9 Å². The number of carbonyl (C=O) groups is 3. The van der Waals surface area contributed by atoms with E-state index in [1.165, 1.54) is 116 Å². The van der Waals surface area contributed by atoms with Gasteiger partial charge in [0.15, 0.2) is 6.10 Å². The molecule has 0 aromatic carbocycles. The number of allylic oxidation sites excluding steroid dienone is 14. The third-order valence-electron chi connectivity index (χ3n) is 12.4. The molecule has 1 atom stereocenters. The molecular formula is C63H108O6. The number of hydrogen-bond donors (Lipinski definition) is 0. The highest BCUT2D eigenvalue weighted by Gasteiger charge is 2.19. The van der Waals surface area contributed by atoms with Crippen LogP contribution in [0.5, 0.6) is 0 Å². The first-order chi connectivity index (χ1) is 34.0. The zero-order valence-electron chi connectivity index (χ0n) is 45.3. The summed E-state index contributed by atoms with van der Waals surface area (Å²) in [6.45, 7) is 6.50. The lowest BCUT2D eigenvalue weighted by molar-refractivity contribution is -0.167. The molecule has 0 saturated carbocycles. The Bertz CT molecular complexity index is 1330. The van der Waals surface area contributed by atoms with E-state index in [-0.39, 0.29) is 31.1 Å². The van der Waals surface area contributed by atoms with Crippen molar-refractivity contribution in [2.24, 2.45) is 0 Å². The van der Waals surface area contributed by atoms with E-state index >= 15 is 0 Å². The van der Waals surface area contributed by atoms with E-state index < -0.39 is 6.10 Å². The van der Waals surface area contributed by atoms with Gasteiger partial charge in [-0.3, -0.25) is 14.4 Å². The predicted octanol–water partition coefficient (Wildman–Crippen LogP) is 19.5. The van der Waals surface area contributed by atoms with Crippen LogP contribution in [0.1, 0.15) is 278 Å². The van der Waals surface area contributed by atoms with Crippen molar-refractivity contribution in [2.45, 2.75) is 284 Å². The van der Waals surface area contributed by atoms with Crippen molar-refractivity contribution in [1.29, 1.82) is 0 Å². The normalized spacial score (nSPS) is 12.7. The highest BCUT2D eigenvalue weighted by Crippen LogP contribution is 2.15. The monoisotopic (exact) mass is 961 g/mol. The van der Waals surface area contributed by atoms with Gasteiger partial charge in [0.05, 0.1) is 0 Å². The minimum Gasteiger partial charge on any atom is -0.462 e. The van der Waals surface area contributed by atoms with Gasteiger partial charge in [0.2, 0.25) is 0 Å². The van der Waals surface area contributed by atoms with Gasteiger partial charge in [-0.25, -0.2) is 0 Å². The molecule has 0 amide bonds. The second kappa shape index (κ2) is 57.2. The molecule has 0 aliphatic carbocycles. The van der Waals surface area contributed by atoms with E-state index in [1.54, 1.807) is 0 Å². The average Bonchev–Trinajstić information content (AvgIpc) is 3.35. The van der Waals surface area contributed by atoms with Gasteiger partial charge in [0.1, 0.15) is 13.2 Å². The van der Waals surface area contributed by atoms with Crippen LogP contribution in [0.4, 0.5) is 0 Å². The van der Waals surface area contributed by atoms with Gasteiger partial charge in [-0.2, -0.15) is 0 Å². The van der Waals surface area contributed by atoms with Crippen LogP contribution < -0.4 is 0 Å². The smallest absolute Gasteiger partial charge is 0.306 e. The van der Waals surface area contributed by atoms with E-state index in [0.717, 1.165) is 122 Å². The van der Waals surface area contributed by atoms with Gasteiger partial charge in [-0.1, -0.05) is 247 Å². The fourth-order valence-electron chi connectivity index (χ4n) is 8.03. The summed E-state index contributed by atoms with van der Waals surface area (Å²) in [6.07, 6.45) is 74.2. The molecule has 0 spiro atoms. The summed E-state index contributed by atoms with van der Waals surface area (Å²) in [4.78, 5) is 38.2. The number of hydrogen-bond acceptors (Lipinski definition) is 6. The largest absolute Gasteiger partial charge is 0.462 e. The molecule has 0 aromatic rings. The summed E-state index contributed by atoms with van der Waals surface area (Å²) in [5.74, 6) is -0.905. The molecule has 1 unspecified atom stereocenters. The Hall–Kier alpha value is -3.41. The van der Waals surface area contributed by atoms with Gasteiger partial charge in [0.25, 0.3) is 0 Å². The van der Waals surface area contributed by atoms with Crippen molar-refractivity contribution in [3.05, 3.63) is 85.1 Å². The van der Waals surface area contributed by atoms with Crippen LogP contribution in [-0.2, 0) is 28.6 Å². The van der Waals surface area contributed by atoms with Gasteiger partial charge in [-0.15, -0.1) is 0 Å². The van der Waals surface area contributed by atoms with E-state index in [2.05, 4.69) is 106 Å². The summed E-state index contributed by atoms with van der Waals surface area (Å²) in [5, 5.41) is 0. The lowest BCUT2D eigenvalue weighted by Crippen LogP contribution is -2.30. The fraction of sp³-hybridized carbons (Fsp3) is 0.730. The summed E-state index contributed by atoms with van der Waals surface area (Å²) >= 11 is 0. The molecule has 6 nitrogen and oxygen atoms in total. The number of esters is 3. The maximum absolute atomic E-state index is 12.9. The number of ether oxygens (including phenoxy) is 3. The fourth-order valence-corrected chi connectivity index (χ4v) is 8.03. The van der Waals surface area contributed by atoms with E-state index in [4.69, 9.17) is 14.2 Å². The zero-order chi connectivity index (χ0) is 50.0. The van der Waals surface area contributed by atoms with Crippen molar-refractivity contribution in [3.63, 3.8) is 0 Å². The van der Waals surface area contributed by atoms with Crippen LogP contribution in [0.2, 0.25) is 0 Å². The summed E-state index contributed by atoms with van der Waals surface area (Å²) in [7, 11) is 0. The molecule has 0 bridgehead atoms. The molecule has 0 aliphatic heterocycles. The highest BCUT2D eigenvalue weighted by molar-refractivity contribution is 5.71. The Kier molecular flexibility index (Phi) is 54.3. The maximum atomic E-state index is 12.9. The van der Waals surface area contributed by atoms with Crippen LogP contribution in [0.15, 0.2) is 85.1 Å². The van der Waals surface area contributed by atoms with Crippen LogP contribution in [0.3, 0.4) is 0 Å². The molecule has 0 rings (SSSR count). The quantitative estimate of drug-likeness (QED) is 0.0262. The highest BCUT2D eigenvalue weighted by atomic mass is 16.6. The van der Waals surface area contributed by atoms with Crippen molar-refractivity contribution in [3.8, 4) is 0 Å². The molecule has 396 valence electrons.